The first-order valence-electron chi connectivity index (χ1n) is 7.24. The second-order valence-corrected chi connectivity index (χ2v) is 5.03. The summed E-state index contributed by atoms with van der Waals surface area (Å²) in [5, 5.41) is 6.12. The molecule has 0 atom stereocenters. The molecule has 1 rings (SSSR count). The van der Waals surface area contributed by atoms with Gasteiger partial charge >= 0.3 is 0 Å². The van der Waals surface area contributed by atoms with E-state index in [0.29, 0.717) is 12.1 Å². The van der Waals surface area contributed by atoms with Gasteiger partial charge in [0, 0.05) is 24.3 Å². The zero-order valence-corrected chi connectivity index (χ0v) is 13.0. The van der Waals surface area contributed by atoms with E-state index in [1.54, 1.807) is 0 Å². The molecule has 1 heterocycles. The smallest absolute Gasteiger partial charge is 0.251 e. The van der Waals surface area contributed by atoms with Crippen LogP contribution < -0.4 is 10.6 Å². The highest BCUT2D eigenvalue weighted by Gasteiger charge is 2.08. The van der Waals surface area contributed by atoms with E-state index in [0.717, 1.165) is 37.4 Å². The largest absolute Gasteiger partial charge is 0.370 e. The lowest BCUT2D eigenvalue weighted by atomic mass is 10.1. The molecule has 0 aliphatic rings. The Balaban J connectivity index is 2.64. The van der Waals surface area contributed by atoms with Gasteiger partial charge in [0.25, 0.3) is 5.91 Å². The number of aryl methyl sites for hydroxylation is 1. The van der Waals surface area contributed by atoms with Crippen molar-refractivity contribution in [2.24, 2.45) is 0 Å². The van der Waals surface area contributed by atoms with Crippen molar-refractivity contribution in [1.82, 2.24) is 15.2 Å². The molecule has 0 bridgehead atoms. The number of hydrogen-bond donors (Lipinski definition) is 2. The van der Waals surface area contributed by atoms with E-state index >= 15 is 0 Å². The lowest BCUT2D eigenvalue weighted by Crippen LogP contribution is -2.27. The van der Waals surface area contributed by atoms with Gasteiger partial charge in [0.15, 0.2) is 0 Å². The van der Waals surface area contributed by atoms with Crippen LogP contribution in [-0.2, 0) is 6.42 Å². The maximum absolute atomic E-state index is 12.1. The van der Waals surface area contributed by atoms with Crippen molar-refractivity contribution in [3.05, 3.63) is 23.4 Å². The predicted molar refractivity (Wildman–Crippen MR) is 83.3 cm³/mol. The van der Waals surface area contributed by atoms with Crippen LogP contribution in [0.4, 0.5) is 5.82 Å². The minimum atomic E-state index is -0.0278. The summed E-state index contributed by atoms with van der Waals surface area (Å²) in [6.07, 6.45) is 1.77. The van der Waals surface area contributed by atoms with Crippen LogP contribution in [0.3, 0.4) is 0 Å². The molecular weight excluding hydrogens is 252 g/mol. The van der Waals surface area contributed by atoms with Gasteiger partial charge in [-0.1, -0.05) is 6.92 Å². The Morgan fingerprint density at radius 3 is 2.65 bits per heavy atom. The maximum Gasteiger partial charge on any atom is 0.251 e. The normalized spacial score (nSPS) is 10.7. The van der Waals surface area contributed by atoms with Crippen molar-refractivity contribution < 1.29 is 4.79 Å². The van der Waals surface area contributed by atoms with Crippen LogP contribution in [0.1, 0.15) is 36.3 Å². The van der Waals surface area contributed by atoms with Crippen LogP contribution in [0.15, 0.2) is 12.1 Å². The Hall–Kier alpha value is -1.62. The highest BCUT2D eigenvalue weighted by molar-refractivity contribution is 5.95. The van der Waals surface area contributed by atoms with Gasteiger partial charge in [-0.2, -0.15) is 0 Å². The van der Waals surface area contributed by atoms with Crippen LogP contribution in [0.25, 0.3) is 0 Å². The predicted octanol–water partition coefficient (Wildman–Crippen LogP) is 1.76. The van der Waals surface area contributed by atoms with E-state index < -0.39 is 0 Å². The van der Waals surface area contributed by atoms with Gasteiger partial charge in [-0.25, -0.2) is 4.98 Å². The SMILES string of the molecule is CCNc1cc(C(=O)NCCCN(C)C)cc(CC)n1. The molecule has 2 N–H and O–H groups in total. The zero-order valence-electron chi connectivity index (χ0n) is 13.0. The number of anilines is 1. The summed E-state index contributed by atoms with van der Waals surface area (Å²) in [4.78, 5) is 18.7. The van der Waals surface area contributed by atoms with Crippen molar-refractivity contribution in [2.75, 3.05) is 39.0 Å². The van der Waals surface area contributed by atoms with Gasteiger partial charge in [0.2, 0.25) is 0 Å². The Morgan fingerprint density at radius 2 is 2.05 bits per heavy atom. The summed E-state index contributed by atoms with van der Waals surface area (Å²) in [6.45, 7) is 6.51. The average Bonchev–Trinajstić information content (AvgIpc) is 2.43. The number of nitrogens with one attached hydrogen (secondary N) is 2. The fourth-order valence-corrected chi connectivity index (χ4v) is 1.87. The molecule has 0 aliphatic carbocycles. The summed E-state index contributed by atoms with van der Waals surface area (Å²) < 4.78 is 0. The zero-order chi connectivity index (χ0) is 15.0. The molecule has 5 nitrogen and oxygen atoms in total. The van der Waals surface area contributed by atoms with Gasteiger partial charge in [0.1, 0.15) is 5.82 Å². The molecule has 0 aliphatic heterocycles. The number of nitrogens with zero attached hydrogens (tertiary/aromatic N) is 2. The Labute approximate surface area is 121 Å². The fourth-order valence-electron chi connectivity index (χ4n) is 1.87. The lowest BCUT2D eigenvalue weighted by Gasteiger charge is -2.11. The number of pyridine rings is 1. The third-order valence-electron chi connectivity index (χ3n) is 2.93. The highest BCUT2D eigenvalue weighted by atomic mass is 16.1. The molecule has 0 saturated carbocycles. The summed E-state index contributed by atoms with van der Waals surface area (Å²) in [5.74, 6) is 0.741. The van der Waals surface area contributed by atoms with Gasteiger partial charge in [-0.05, 0) is 52.5 Å². The highest BCUT2D eigenvalue weighted by Crippen LogP contribution is 2.11. The van der Waals surface area contributed by atoms with Gasteiger partial charge in [-0.3, -0.25) is 4.79 Å². The van der Waals surface area contributed by atoms with E-state index in [1.807, 2.05) is 40.1 Å². The number of carbonyl (C=O) groups is 1. The number of carbonyl (C=O) groups excluding carboxylic acids is 1. The first-order valence-corrected chi connectivity index (χ1v) is 7.24. The molecule has 1 aromatic rings. The third kappa shape index (κ3) is 5.57. The molecule has 20 heavy (non-hydrogen) atoms. The summed E-state index contributed by atoms with van der Waals surface area (Å²) in [7, 11) is 4.06. The quantitative estimate of drug-likeness (QED) is 0.711. The third-order valence-corrected chi connectivity index (χ3v) is 2.93. The van der Waals surface area contributed by atoms with E-state index in [9.17, 15) is 4.79 Å². The van der Waals surface area contributed by atoms with Crippen LogP contribution in [0, 0.1) is 0 Å². The fraction of sp³-hybridized carbons (Fsp3) is 0.600. The minimum absolute atomic E-state index is 0.0278. The van der Waals surface area contributed by atoms with Crippen molar-refractivity contribution >= 4 is 11.7 Å². The minimum Gasteiger partial charge on any atom is -0.370 e. The molecule has 0 fully saturated rings. The van der Waals surface area contributed by atoms with Crippen LogP contribution in [0.2, 0.25) is 0 Å². The van der Waals surface area contributed by atoms with Crippen LogP contribution in [0.5, 0.6) is 0 Å². The van der Waals surface area contributed by atoms with Crippen molar-refractivity contribution in [3.8, 4) is 0 Å². The molecular formula is C15H26N4O. The maximum atomic E-state index is 12.1. The first-order chi connectivity index (χ1) is 9.56. The number of amides is 1. The van der Waals surface area contributed by atoms with E-state index in [4.69, 9.17) is 0 Å². The summed E-state index contributed by atoms with van der Waals surface area (Å²) >= 11 is 0. The van der Waals surface area contributed by atoms with Crippen LogP contribution >= 0.6 is 0 Å². The molecule has 0 spiro atoms. The van der Waals surface area contributed by atoms with Crippen molar-refractivity contribution in [1.29, 1.82) is 0 Å². The van der Waals surface area contributed by atoms with E-state index in [2.05, 4.69) is 20.5 Å². The lowest BCUT2D eigenvalue weighted by molar-refractivity contribution is 0.0952. The molecule has 0 radical (unpaired) electrons. The number of aromatic nitrogens is 1. The number of rotatable bonds is 8. The molecule has 112 valence electrons. The Morgan fingerprint density at radius 1 is 1.30 bits per heavy atom. The summed E-state index contributed by atoms with van der Waals surface area (Å²) in [6, 6.07) is 3.67. The first kappa shape index (κ1) is 16.4. The Bertz CT molecular complexity index is 432. The topological polar surface area (TPSA) is 57.3 Å². The van der Waals surface area contributed by atoms with Gasteiger partial charge in [-0.15, -0.1) is 0 Å². The molecule has 0 aromatic carbocycles. The van der Waals surface area contributed by atoms with Gasteiger partial charge < -0.3 is 15.5 Å². The monoisotopic (exact) mass is 278 g/mol. The second kappa shape index (κ2) is 8.53. The molecule has 0 saturated heterocycles. The van der Waals surface area contributed by atoms with E-state index in [-0.39, 0.29) is 5.91 Å². The Kier molecular flexibility index (Phi) is 7.01. The van der Waals surface area contributed by atoms with Crippen LogP contribution in [-0.4, -0.2) is 49.5 Å². The molecule has 1 aromatic heterocycles. The van der Waals surface area contributed by atoms with Crippen molar-refractivity contribution in [2.45, 2.75) is 26.7 Å². The van der Waals surface area contributed by atoms with Crippen molar-refractivity contribution in [3.63, 3.8) is 0 Å². The molecule has 5 heteroatoms. The molecule has 1 amide bonds. The van der Waals surface area contributed by atoms with Gasteiger partial charge in [0.05, 0.1) is 0 Å². The standard InChI is InChI=1S/C15H26N4O/c1-5-13-10-12(11-14(18-13)16-6-2)15(20)17-8-7-9-19(3)4/h10-11H,5-9H2,1-4H3,(H,16,18)(H,17,20). The molecule has 0 unspecified atom stereocenters. The number of hydrogen-bond acceptors (Lipinski definition) is 4. The van der Waals surface area contributed by atoms with E-state index in [1.165, 1.54) is 0 Å². The second-order valence-electron chi connectivity index (χ2n) is 5.03. The average molecular weight is 278 g/mol. The summed E-state index contributed by atoms with van der Waals surface area (Å²) in [5.41, 5.74) is 1.61.